The van der Waals surface area contributed by atoms with Gasteiger partial charge in [0.25, 0.3) is 5.89 Å². The number of carbonyl (C=O) groups is 1. The van der Waals surface area contributed by atoms with Gasteiger partial charge in [-0.1, -0.05) is 11.2 Å². The van der Waals surface area contributed by atoms with Crippen LogP contribution in [0.15, 0.2) is 47.2 Å². The smallest absolute Gasteiger partial charge is 0.258 e. The molecule has 0 N–H and O–H groups in total. The highest BCUT2D eigenvalue weighted by atomic mass is 16.5. The van der Waals surface area contributed by atoms with Crippen LogP contribution < -0.4 is 0 Å². The number of fused-ring (bicyclic) bond motifs is 1. The Kier molecular flexibility index (Phi) is 5.02. The average molecular weight is 415 g/mol. The molecule has 158 valence electrons. The molecule has 4 aromatic rings. The molecule has 5 rings (SSSR count). The Morgan fingerprint density at radius 3 is 2.65 bits per heavy atom. The first-order valence-electron chi connectivity index (χ1n) is 10.7. The summed E-state index contributed by atoms with van der Waals surface area (Å²) in [6.07, 6.45) is 4.52. The fourth-order valence-corrected chi connectivity index (χ4v) is 4.05. The average Bonchev–Trinajstić information content (AvgIpc) is 3.54. The van der Waals surface area contributed by atoms with Crippen molar-refractivity contribution in [1.82, 2.24) is 24.6 Å². The second-order valence-corrected chi connectivity index (χ2v) is 8.20. The molecule has 1 amide bonds. The summed E-state index contributed by atoms with van der Waals surface area (Å²) in [6.45, 7) is 6.56. The Hall–Kier alpha value is -3.48. The number of carbonyl (C=O) groups excluding carboxylic acids is 1. The van der Waals surface area contributed by atoms with Crippen molar-refractivity contribution in [2.24, 2.45) is 0 Å². The summed E-state index contributed by atoms with van der Waals surface area (Å²) in [5.74, 6) is 1.26. The molecule has 1 fully saturated rings. The van der Waals surface area contributed by atoms with Crippen LogP contribution in [0.5, 0.6) is 0 Å². The Labute approximate surface area is 180 Å². The van der Waals surface area contributed by atoms with E-state index in [1.54, 1.807) is 6.33 Å². The van der Waals surface area contributed by atoms with Crippen LogP contribution in [-0.2, 0) is 11.3 Å². The minimum absolute atomic E-state index is 0.224. The molecule has 7 nitrogen and oxygen atoms in total. The Balaban J connectivity index is 1.34. The number of hydrogen-bond donors (Lipinski definition) is 0. The van der Waals surface area contributed by atoms with Gasteiger partial charge in [0.05, 0.1) is 17.4 Å². The SMILES string of the molecule is Cc1ccc(-c2nc(-c3ccc4c(c3)ncn4CCC(=O)N3CCCC3)no2)cc1C. The Morgan fingerprint density at radius 1 is 1.03 bits per heavy atom. The number of benzene rings is 2. The normalized spacial score (nSPS) is 13.9. The van der Waals surface area contributed by atoms with Crippen molar-refractivity contribution in [1.29, 1.82) is 0 Å². The molecule has 0 atom stereocenters. The molecule has 1 saturated heterocycles. The molecule has 2 aromatic heterocycles. The van der Waals surface area contributed by atoms with E-state index >= 15 is 0 Å². The first-order valence-corrected chi connectivity index (χ1v) is 10.7. The number of amides is 1. The summed E-state index contributed by atoms with van der Waals surface area (Å²) in [5.41, 5.74) is 6.03. The van der Waals surface area contributed by atoms with Crippen LogP contribution in [0.25, 0.3) is 33.9 Å². The molecule has 31 heavy (non-hydrogen) atoms. The summed E-state index contributed by atoms with van der Waals surface area (Å²) < 4.78 is 7.53. The van der Waals surface area contributed by atoms with Crippen LogP contribution in [0, 0.1) is 13.8 Å². The van der Waals surface area contributed by atoms with Gasteiger partial charge < -0.3 is 14.0 Å². The summed E-state index contributed by atoms with van der Waals surface area (Å²) in [7, 11) is 0. The van der Waals surface area contributed by atoms with E-state index in [0.717, 1.165) is 48.1 Å². The Morgan fingerprint density at radius 2 is 1.84 bits per heavy atom. The lowest BCUT2D eigenvalue weighted by molar-refractivity contribution is -0.130. The summed E-state index contributed by atoms with van der Waals surface area (Å²) in [5, 5.41) is 4.16. The van der Waals surface area contributed by atoms with E-state index < -0.39 is 0 Å². The predicted molar refractivity (Wildman–Crippen MR) is 118 cm³/mol. The van der Waals surface area contributed by atoms with Crippen LogP contribution in [0.3, 0.4) is 0 Å². The lowest BCUT2D eigenvalue weighted by Crippen LogP contribution is -2.28. The molecule has 1 aliphatic rings. The van der Waals surface area contributed by atoms with Gasteiger partial charge in [-0.3, -0.25) is 4.79 Å². The van der Waals surface area contributed by atoms with E-state index in [9.17, 15) is 4.79 Å². The maximum atomic E-state index is 12.3. The third kappa shape index (κ3) is 3.83. The highest BCUT2D eigenvalue weighted by molar-refractivity contribution is 5.81. The summed E-state index contributed by atoms with van der Waals surface area (Å²) in [6, 6.07) is 12.0. The van der Waals surface area contributed by atoms with E-state index in [-0.39, 0.29) is 5.91 Å². The predicted octanol–water partition coefficient (Wildman–Crippen LogP) is 4.38. The second kappa shape index (κ2) is 7.98. The molecule has 0 bridgehead atoms. The van der Waals surface area contributed by atoms with Crippen molar-refractivity contribution >= 4 is 16.9 Å². The van der Waals surface area contributed by atoms with Crippen LogP contribution in [0.1, 0.15) is 30.4 Å². The number of aryl methyl sites for hydroxylation is 3. The molecule has 0 radical (unpaired) electrons. The molecular weight excluding hydrogens is 390 g/mol. The molecular formula is C24H25N5O2. The van der Waals surface area contributed by atoms with Crippen molar-refractivity contribution < 1.29 is 9.32 Å². The first-order chi connectivity index (χ1) is 15.1. The van der Waals surface area contributed by atoms with Gasteiger partial charge >= 0.3 is 0 Å². The Bertz CT molecular complexity index is 1250. The van der Waals surface area contributed by atoms with E-state index in [1.165, 1.54) is 11.1 Å². The summed E-state index contributed by atoms with van der Waals surface area (Å²) in [4.78, 5) is 23.4. The highest BCUT2D eigenvalue weighted by Crippen LogP contribution is 2.26. The maximum absolute atomic E-state index is 12.3. The number of likely N-dealkylation sites (tertiary alicyclic amines) is 1. The third-order valence-electron chi connectivity index (χ3n) is 6.08. The van der Waals surface area contributed by atoms with Gasteiger partial charge in [-0.05, 0) is 68.1 Å². The molecule has 3 heterocycles. The largest absolute Gasteiger partial charge is 0.343 e. The van der Waals surface area contributed by atoms with E-state index in [4.69, 9.17) is 4.52 Å². The number of hydrogen-bond acceptors (Lipinski definition) is 5. The number of imidazole rings is 1. The topological polar surface area (TPSA) is 77.1 Å². The van der Waals surface area contributed by atoms with Crippen LogP contribution >= 0.6 is 0 Å². The van der Waals surface area contributed by atoms with Crippen LogP contribution in [-0.4, -0.2) is 43.6 Å². The number of aromatic nitrogens is 4. The zero-order valence-corrected chi connectivity index (χ0v) is 17.8. The quantitative estimate of drug-likeness (QED) is 0.483. The monoisotopic (exact) mass is 415 g/mol. The van der Waals surface area contributed by atoms with Crippen molar-refractivity contribution in [3.8, 4) is 22.8 Å². The van der Waals surface area contributed by atoms with Gasteiger partial charge in [0.15, 0.2) is 0 Å². The molecule has 0 spiro atoms. The number of nitrogens with zero attached hydrogens (tertiary/aromatic N) is 5. The third-order valence-corrected chi connectivity index (χ3v) is 6.08. The van der Waals surface area contributed by atoms with E-state index in [0.29, 0.717) is 24.7 Å². The molecule has 1 aliphatic heterocycles. The van der Waals surface area contributed by atoms with Crippen molar-refractivity contribution in [3.05, 3.63) is 53.9 Å². The van der Waals surface area contributed by atoms with E-state index in [1.807, 2.05) is 33.7 Å². The molecule has 0 aliphatic carbocycles. The van der Waals surface area contributed by atoms with E-state index in [2.05, 4.69) is 41.1 Å². The van der Waals surface area contributed by atoms with Crippen molar-refractivity contribution in [2.45, 2.75) is 39.7 Å². The maximum Gasteiger partial charge on any atom is 0.258 e. The van der Waals surface area contributed by atoms with Gasteiger partial charge in [-0.2, -0.15) is 4.98 Å². The standard InChI is InChI=1S/C24H25N5O2/c1-16-5-6-19(13-17(16)2)24-26-23(27-31-24)18-7-8-21-20(14-18)25-15-29(21)12-9-22(30)28-10-3-4-11-28/h5-8,13-15H,3-4,9-12H2,1-2H3. The lowest BCUT2D eigenvalue weighted by atomic mass is 10.1. The van der Waals surface area contributed by atoms with Gasteiger partial charge in [-0.25, -0.2) is 4.98 Å². The second-order valence-electron chi connectivity index (χ2n) is 8.20. The van der Waals surface area contributed by atoms with Crippen molar-refractivity contribution in [2.75, 3.05) is 13.1 Å². The van der Waals surface area contributed by atoms with Gasteiger partial charge in [0.2, 0.25) is 11.7 Å². The minimum Gasteiger partial charge on any atom is -0.343 e. The molecule has 0 saturated carbocycles. The lowest BCUT2D eigenvalue weighted by Gasteiger charge is -2.15. The molecule has 2 aromatic carbocycles. The highest BCUT2D eigenvalue weighted by Gasteiger charge is 2.18. The van der Waals surface area contributed by atoms with Crippen LogP contribution in [0.4, 0.5) is 0 Å². The zero-order chi connectivity index (χ0) is 21.4. The van der Waals surface area contributed by atoms with Crippen LogP contribution in [0.2, 0.25) is 0 Å². The first kappa shape index (κ1) is 19.5. The van der Waals surface area contributed by atoms with Gasteiger partial charge in [0, 0.05) is 37.2 Å². The fourth-order valence-electron chi connectivity index (χ4n) is 4.05. The fraction of sp³-hybridized carbons (Fsp3) is 0.333. The van der Waals surface area contributed by atoms with Crippen molar-refractivity contribution in [3.63, 3.8) is 0 Å². The minimum atomic E-state index is 0.224. The van der Waals surface area contributed by atoms with Gasteiger partial charge in [0.1, 0.15) is 0 Å². The molecule has 0 unspecified atom stereocenters. The zero-order valence-electron chi connectivity index (χ0n) is 17.8. The molecule has 7 heteroatoms. The number of rotatable bonds is 5. The van der Waals surface area contributed by atoms with Gasteiger partial charge in [-0.15, -0.1) is 0 Å². The summed E-state index contributed by atoms with van der Waals surface area (Å²) >= 11 is 0.